The highest BCUT2D eigenvalue weighted by Gasteiger charge is 2.21. The average molecular weight is 310 g/mol. The van der Waals surface area contributed by atoms with E-state index in [1.54, 1.807) is 19.1 Å². The molecule has 1 aromatic carbocycles. The Bertz CT molecular complexity index is 659. The third-order valence-corrected chi connectivity index (χ3v) is 3.01. The molecule has 0 aliphatic rings. The van der Waals surface area contributed by atoms with Gasteiger partial charge in [0.2, 0.25) is 0 Å². The molecule has 8 nitrogen and oxygen atoms in total. The molecule has 0 atom stereocenters. The summed E-state index contributed by atoms with van der Waals surface area (Å²) < 4.78 is 1.32. The molecule has 2 aromatic rings. The Labute approximate surface area is 124 Å². The van der Waals surface area contributed by atoms with E-state index in [0.717, 1.165) is 0 Å². The molecule has 0 aliphatic heterocycles. The minimum absolute atomic E-state index is 0.234. The van der Waals surface area contributed by atoms with Crippen LogP contribution in [-0.4, -0.2) is 55.2 Å². The third-order valence-electron chi connectivity index (χ3n) is 2.78. The van der Waals surface area contributed by atoms with Crippen LogP contribution in [0.2, 0.25) is 5.02 Å². The van der Waals surface area contributed by atoms with Gasteiger partial charge in [0.05, 0.1) is 11.3 Å². The van der Waals surface area contributed by atoms with Crippen molar-refractivity contribution in [2.45, 2.75) is 6.92 Å². The number of likely N-dealkylation sites (N-methyl/N-ethyl adjacent to an activating group) is 1. The first kappa shape index (κ1) is 14.9. The number of carbonyl (C=O) groups is 2. The Morgan fingerprint density at radius 3 is 2.76 bits per heavy atom. The zero-order valence-corrected chi connectivity index (χ0v) is 11.9. The first-order chi connectivity index (χ1) is 10.0. The highest BCUT2D eigenvalue weighted by atomic mass is 35.5. The van der Waals surface area contributed by atoms with Gasteiger partial charge in [0.15, 0.2) is 0 Å². The number of benzene rings is 1. The average Bonchev–Trinajstić information content (AvgIpc) is 2.97. The maximum atomic E-state index is 12.5. The summed E-state index contributed by atoms with van der Waals surface area (Å²) in [7, 11) is 0. The second-order valence-electron chi connectivity index (χ2n) is 4.13. The molecule has 1 N–H and O–H groups in total. The van der Waals surface area contributed by atoms with Crippen LogP contribution in [0.5, 0.6) is 0 Å². The normalized spacial score (nSPS) is 10.4. The van der Waals surface area contributed by atoms with Crippen LogP contribution in [-0.2, 0) is 4.79 Å². The van der Waals surface area contributed by atoms with Crippen molar-refractivity contribution in [3.8, 4) is 5.69 Å². The number of aromatic nitrogens is 4. The summed E-state index contributed by atoms with van der Waals surface area (Å²) in [4.78, 5) is 24.5. The van der Waals surface area contributed by atoms with Gasteiger partial charge in [0, 0.05) is 11.6 Å². The van der Waals surface area contributed by atoms with Crippen molar-refractivity contribution < 1.29 is 14.7 Å². The Balaban J connectivity index is 2.44. The molecule has 0 saturated heterocycles. The zero-order valence-electron chi connectivity index (χ0n) is 11.1. The molecule has 21 heavy (non-hydrogen) atoms. The maximum Gasteiger partial charge on any atom is 0.323 e. The predicted molar refractivity (Wildman–Crippen MR) is 73.4 cm³/mol. The minimum Gasteiger partial charge on any atom is -0.480 e. The van der Waals surface area contributed by atoms with E-state index in [9.17, 15) is 9.59 Å². The Kier molecular flexibility index (Phi) is 4.49. The second kappa shape index (κ2) is 6.31. The first-order valence-corrected chi connectivity index (χ1v) is 6.44. The molecule has 0 spiro atoms. The van der Waals surface area contributed by atoms with Crippen molar-refractivity contribution >= 4 is 23.5 Å². The van der Waals surface area contributed by atoms with E-state index < -0.39 is 18.4 Å². The fourth-order valence-corrected chi connectivity index (χ4v) is 1.98. The smallest absolute Gasteiger partial charge is 0.323 e. The first-order valence-electron chi connectivity index (χ1n) is 6.07. The molecule has 0 unspecified atom stereocenters. The highest BCUT2D eigenvalue weighted by Crippen LogP contribution is 2.20. The van der Waals surface area contributed by atoms with E-state index >= 15 is 0 Å². The summed E-state index contributed by atoms with van der Waals surface area (Å²) in [5.74, 6) is -1.54. The summed E-state index contributed by atoms with van der Waals surface area (Å²) in [6, 6.07) is 4.66. The van der Waals surface area contributed by atoms with Gasteiger partial charge in [-0.25, -0.2) is 0 Å². The molecule has 0 bridgehead atoms. The largest absolute Gasteiger partial charge is 0.480 e. The van der Waals surface area contributed by atoms with Crippen molar-refractivity contribution in [2.75, 3.05) is 13.1 Å². The molecule has 0 saturated carbocycles. The topological polar surface area (TPSA) is 101 Å². The van der Waals surface area contributed by atoms with Crippen molar-refractivity contribution in [3.63, 3.8) is 0 Å². The molecule has 0 fully saturated rings. The van der Waals surface area contributed by atoms with Crippen molar-refractivity contribution in [2.24, 2.45) is 0 Å². The quantitative estimate of drug-likeness (QED) is 0.879. The lowest BCUT2D eigenvalue weighted by Gasteiger charge is -2.20. The fraction of sp³-hybridized carbons (Fsp3) is 0.250. The lowest BCUT2D eigenvalue weighted by Crippen LogP contribution is -2.36. The molecule has 9 heteroatoms. The Morgan fingerprint density at radius 1 is 1.43 bits per heavy atom. The number of halogens is 1. The summed E-state index contributed by atoms with van der Waals surface area (Å²) in [6.45, 7) is 1.56. The van der Waals surface area contributed by atoms with Gasteiger partial charge < -0.3 is 10.0 Å². The number of rotatable bonds is 5. The van der Waals surface area contributed by atoms with E-state index in [1.165, 1.54) is 22.0 Å². The standard InChI is InChI=1S/C12H12ClN5O3/c1-2-17(6-11(19)20)12(21)9-5-8(13)3-4-10(9)18-7-14-15-16-18/h3-5,7H,2,6H2,1H3,(H,19,20). The predicted octanol–water partition coefficient (Wildman–Crippen LogP) is 0.862. The molecule has 2 rings (SSSR count). The van der Waals surface area contributed by atoms with Crippen molar-refractivity contribution in [1.29, 1.82) is 0 Å². The van der Waals surface area contributed by atoms with Gasteiger partial charge in [-0.2, -0.15) is 4.68 Å². The Hall–Kier alpha value is -2.48. The number of carboxylic acids is 1. The SMILES string of the molecule is CCN(CC(=O)O)C(=O)c1cc(Cl)ccc1-n1cnnn1. The van der Waals surface area contributed by atoms with Gasteiger partial charge >= 0.3 is 5.97 Å². The number of hydrogen-bond donors (Lipinski definition) is 1. The van der Waals surface area contributed by atoms with Gasteiger partial charge in [-0.15, -0.1) is 5.10 Å². The van der Waals surface area contributed by atoms with Crippen LogP contribution < -0.4 is 0 Å². The van der Waals surface area contributed by atoms with Gasteiger partial charge in [0.1, 0.15) is 12.9 Å². The van der Waals surface area contributed by atoms with Crippen LogP contribution in [0.3, 0.4) is 0 Å². The molecule has 0 radical (unpaired) electrons. The fourth-order valence-electron chi connectivity index (χ4n) is 1.81. The molecule has 1 aromatic heterocycles. The van der Waals surface area contributed by atoms with Gasteiger partial charge in [-0.05, 0) is 35.5 Å². The van der Waals surface area contributed by atoms with Gasteiger partial charge in [-0.3, -0.25) is 9.59 Å². The maximum absolute atomic E-state index is 12.5. The second-order valence-corrected chi connectivity index (χ2v) is 4.57. The number of amides is 1. The summed E-state index contributed by atoms with van der Waals surface area (Å²) in [6.07, 6.45) is 1.34. The Morgan fingerprint density at radius 2 is 2.19 bits per heavy atom. The number of hydrogen-bond acceptors (Lipinski definition) is 5. The van der Waals surface area contributed by atoms with E-state index in [0.29, 0.717) is 10.7 Å². The molecular weight excluding hydrogens is 298 g/mol. The molecular formula is C12H12ClN5O3. The van der Waals surface area contributed by atoms with Crippen LogP contribution in [0.15, 0.2) is 24.5 Å². The number of aliphatic carboxylic acids is 1. The minimum atomic E-state index is -1.09. The monoisotopic (exact) mass is 309 g/mol. The highest BCUT2D eigenvalue weighted by molar-refractivity contribution is 6.31. The number of nitrogens with zero attached hydrogens (tertiary/aromatic N) is 5. The zero-order chi connectivity index (χ0) is 15.4. The third kappa shape index (κ3) is 3.34. The van der Waals surface area contributed by atoms with Crippen LogP contribution in [0, 0.1) is 0 Å². The van der Waals surface area contributed by atoms with E-state index in [-0.39, 0.29) is 12.1 Å². The number of tetrazole rings is 1. The number of carbonyl (C=O) groups excluding carboxylic acids is 1. The molecule has 110 valence electrons. The van der Waals surface area contributed by atoms with E-state index in [2.05, 4.69) is 15.5 Å². The summed E-state index contributed by atoms with van der Waals surface area (Å²) >= 11 is 5.93. The van der Waals surface area contributed by atoms with Crippen molar-refractivity contribution in [3.05, 3.63) is 35.1 Å². The van der Waals surface area contributed by atoms with Gasteiger partial charge in [-0.1, -0.05) is 11.6 Å². The lowest BCUT2D eigenvalue weighted by molar-refractivity contribution is -0.137. The molecule has 1 heterocycles. The van der Waals surface area contributed by atoms with E-state index in [1.807, 2.05) is 0 Å². The molecule has 0 aliphatic carbocycles. The van der Waals surface area contributed by atoms with Crippen LogP contribution in [0.4, 0.5) is 0 Å². The van der Waals surface area contributed by atoms with Crippen molar-refractivity contribution in [1.82, 2.24) is 25.1 Å². The van der Waals surface area contributed by atoms with Crippen LogP contribution in [0.25, 0.3) is 5.69 Å². The van der Waals surface area contributed by atoms with Crippen LogP contribution >= 0.6 is 11.6 Å². The van der Waals surface area contributed by atoms with E-state index in [4.69, 9.17) is 16.7 Å². The summed E-state index contributed by atoms with van der Waals surface area (Å²) in [5, 5.41) is 20.0. The lowest BCUT2D eigenvalue weighted by atomic mass is 10.1. The van der Waals surface area contributed by atoms with Crippen LogP contribution in [0.1, 0.15) is 17.3 Å². The summed E-state index contributed by atoms with van der Waals surface area (Å²) in [5.41, 5.74) is 0.663. The van der Waals surface area contributed by atoms with Gasteiger partial charge in [0.25, 0.3) is 5.91 Å². The number of carboxylic acid groups (broad SMARTS) is 1. The molecule has 1 amide bonds.